The molecule has 0 aliphatic carbocycles. The number of carbonyl (C=O) groups is 2. The second-order valence-corrected chi connectivity index (χ2v) is 9.88. The van der Waals surface area contributed by atoms with Gasteiger partial charge in [-0.25, -0.2) is 0 Å². The summed E-state index contributed by atoms with van der Waals surface area (Å²) in [6.07, 6.45) is 4.15. The van der Waals surface area contributed by atoms with Gasteiger partial charge in [0.05, 0.1) is 6.04 Å². The van der Waals surface area contributed by atoms with Gasteiger partial charge in [-0.1, -0.05) is 73.0 Å². The lowest BCUT2D eigenvalue weighted by Gasteiger charge is -2.28. The number of rotatable bonds is 14. The Morgan fingerprint density at radius 2 is 1.86 bits per heavy atom. The number of likely N-dealkylation sites (tertiary alicyclic amines) is 1. The van der Waals surface area contributed by atoms with Crippen LogP contribution in [0.5, 0.6) is 0 Å². The van der Waals surface area contributed by atoms with Crippen molar-refractivity contribution in [3.8, 4) is 0 Å². The zero-order chi connectivity index (χ0) is 25.8. The summed E-state index contributed by atoms with van der Waals surface area (Å²) in [5.41, 5.74) is 8.28. The summed E-state index contributed by atoms with van der Waals surface area (Å²) in [6, 6.07) is 16.6. The molecule has 9 heteroatoms. The highest BCUT2D eigenvalue weighted by molar-refractivity contribution is 7.96. The Bertz CT molecular complexity index is 986. The van der Waals surface area contributed by atoms with E-state index in [1.807, 2.05) is 37.4 Å². The maximum absolute atomic E-state index is 13.6. The summed E-state index contributed by atoms with van der Waals surface area (Å²) in [5, 5.41) is 13.6. The molecule has 0 saturated carbocycles. The summed E-state index contributed by atoms with van der Waals surface area (Å²) >= 11 is 1.55. The average Bonchev–Trinajstić information content (AvgIpc) is 3.39. The van der Waals surface area contributed by atoms with Crippen LogP contribution in [-0.2, 0) is 21.9 Å². The number of amides is 2. The maximum atomic E-state index is 13.6. The Kier molecular flexibility index (Phi) is 11.3. The van der Waals surface area contributed by atoms with Gasteiger partial charge in [0, 0.05) is 24.4 Å². The highest BCUT2D eigenvalue weighted by Gasteiger charge is 2.36. The SMILES string of the molecule is CNCCCCC(NSCc1ccccc1)C(=O)N1CCCC1C(=O)NCc1ccc(C(=N)N)cc1. The fourth-order valence-electron chi connectivity index (χ4n) is 4.30. The van der Waals surface area contributed by atoms with Crippen LogP contribution in [0.4, 0.5) is 0 Å². The zero-order valence-electron chi connectivity index (χ0n) is 21.0. The van der Waals surface area contributed by atoms with Crippen molar-refractivity contribution in [2.24, 2.45) is 5.73 Å². The van der Waals surface area contributed by atoms with E-state index in [4.69, 9.17) is 11.1 Å². The zero-order valence-corrected chi connectivity index (χ0v) is 21.8. The molecule has 0 radical (unpaired) electrons. The predicted molar refractivity (Wildman–Crippen MR) is 146 cm³/mol. The van der Waals surface area contributed by atoms with Gasteiger partial charge in [-0.05, 0) is 50.4 Å². The van der Waals surface area contributed by atoms with Gasteiger partial charge in [0.1, 0.15) is 11.9 Å². The molecule has 2 unspecified atom stereocenters. The lowest BCUT2D eigenvalue weighted by molar-refractivity contribution is -0.139. The quantitative estimate of drug-likeness (QED) is 0.115. The van der Waals surface area contributed by atoms with Crippen LogP contribution in [0.1, 0.15) is 48.8 Å². The number of benzene rings is 2. The predicted octanol–water partition coefficient (Wildman–Crippen LogP) is 2.77. The lowest BCUT2D eigenvalue weighted by Crippen LogP contribution is -2.51. The number of hydrogen-bond donors (Lipinski definition) is 5. The van der Waals surface area contributed by atoms with Crippen LogP contribution in [0.15, 0.2) is 54.6 Å². The van der Waals surface area contributed by atoms with Gasteiger partial charge in [0.25, 0.3) is 0 Å². The molecule has 1 aliphatic heterocycles. The molecule has 2 amide bonds. The minimum atomic E-state index is -0.449. The van der Waals surface area contributed by atoms with Crippen LogP contribution < -0.4 is 21.1 Å². The molecule has 1 fully saturated rings. The lowest BCUT2D eigenvalue weighted by atomic mass is 10.1. The Morgan fingerprint density at radius 1 is 1.11 bits per heavy atom. The molecule has 2 atom stereocenters. The smallest absolute Gasteiger partial charge is 0.243 e. The van der Waals surface area contributed by atoms with Crippen molar-refractivity contribution in [3.05, 3.63) is 71.3 Å². The van der Waals surface area contributed by atoms with Gasteiger partial charge < -0.3 is 21.3 Å². The molecule has 2 aromatic rings. The summed E-state index contributed by atoms with van der Waals surface area (Å²) in [5.74, 6) is 0.667. The third-order valence-corrected chi connectivity index (χ3v) is 7.27. The fourth-order valence-corrected chi connectivity index (χ4v) is 5.16. The molecule has 6 N–H and O–H groups in total. The molecule has 2 aromatic carbocycles. The van der Waals surface area contributed by atoms with Crippen molar-refractivity contribution >= 4 is 29.6 Å². The Hall–Kier alpha value is -2.88. The first-order chi connectivity index (χ1) is 17.5. The van der Waals surface area contributed by atoms with Crippen LogP contribution in [0.3, 0.4) is 0 Å². The van der Waals surface area contributed by atoms with Gasteiger partial charge >= 0.3 is 0 Å². The summed E-state index contributed by atoms with van der Waals surface area (Å²) < 4.78 is 3.40. The average molecular weight is 511 g/mol. The second-order valence-electron chi connectivity index (χ2n) is 9.06. The van der Waals surface area contributed by atoms with E-state index in [0.717, 1.165) is 43.5 Å². The number of nitrogens with two attached hydrogens (primary N) is 1. The molecule has 1 heterocycles. The van der Waals surface area contributed by atoms with Crippen molar-refractivity contribution in [1.82, 2.24) is 20.3 Å². The van der Waals surface area contributed by atoms with Crippen LogP contribution in [-0.4, -0.2) is 54.8 Å². The molecule has 0 aromatic heterocycles. The first-order valence-electron chi connectivity index (χ1n) is 12.6. The molecule has 0 spiro atoms. The van der Waals surface area contributed by atoms with E-state index in [-0.39, 0.29) is 23.7 Å². The van der Waals surface area contributed by atoms with Gasteiger partial charge in [-0.3, -0.25) is 19.7 Å². The number of carbonyl (C=O) groups excluding carboxylic acids is 2. The number of amidine groups is 1. The summed E-state index contributed by atoms with van der Waals surface area (Å²) in [6.45, 7) is 1.89. The largest absolute Gasteiger partial charge is 0.384 e. The topological polar surface area (TPSA) is 123 Å². The molecular weight excluding hydrogens is 472 g/mol. The van der Waals surface area contributed by atoms with Crippen LogP contribution in [0.2, 0.25) is 0 Å². The summed E-state index contributed by atoms with van der Waals surface area (Å²) in [4.78, 5) is 28.4. The molecule has 1 aliphatic rings. The van der Waals surface area contributed by atoms with Crippen molar-refractivity contribution in [2.45, 2.75) is 56.5 Å². The van der Waals surface area contributed by atoms with E-state index < -0.39 is 6.04 Å². The van der Waals surface area contributed by atoms with E-state index in [1.165, 1.54) is 5.56 Å². The molecule has 36 heavy (non-hydrogen) atoms. The normalized spacial score (nSPS) is 16.0. The first kappa shape index (κ1) is 27.7. The number of nitrogens with zero attached hydrogens (tertiary/aromatic N) is 1. The van der Waals surface area contributed by atoms with Gasteiger partial charge in [0.2, 0.25) is 11.8 Å². The molecule has 1 saturated heterocycles. The third-order valence-electron chi connectivity index (χ3n) is 6.35. The maximum Gasteiger partial charge on any atom is 0.243 e. The van der Waals surface area contributed by atoms with Gasteiger partial charge in [0.15, 0.2) is 0 Å². The van der Waals surface area contributed by atoms with Crippen LogP contribution in [0, 0.1) is 5.41 Å². The minimum Gasteiger partial charge on any atom is -0.384 e. The highest BCUT2D eigenvalue weighted by Crippen LogP contribution is 2.21. The van der Waals surface area contributed by atoms with Crippen LogP contribution >= 0.6 is 11.9 Å². The third kappa shape index (κ3) is 8.36. The minimum absolute atomic E-state index is 0.00322. The molecule has 3 rings (SSSR count). The number of nitrogens with one attached hydrogen (secondary N) is 4. The van der Waals surface area contributed by atoms with E-state index in [0.29, 0.717) is 25.1 Å². The fraction of sp³-hybridized carbons (Fsp3) is 0.444. The summed E-state index contributed by atoms with van der Waals surface area (Å²) in [7, 11) is 1.93. The van der Waals surface area contributed by atoms with E-state index >= 15 is 0 Å². The molecule has 0 bridgehead atoms. The monoisotopic (exact) mass is 510 g/mol. The standard InChI is InChI=1S/C27H38N6O2S/c1-30-16-6-5-10-23(32-36-19-21-8-3-2-4-9-21)27(35)33-17-7-11-24(33)26(34)31-18-20-12-14-22(15-13-20)25(28)29/h2-4,8-9,12-15,23-24,30,32H,5-7,10-11,16-19H2,1H3,(H3,28,29)(H,31,34). The van der Waals surface area contributed by atoms with Crippen molar-refractivity contribution < 1.29 is 9.59 Å². The van der Waals surface area contributed by atoms with Crippen molar-refractivity contribution in [3.63, 3.8) is 0 Å². The number of nitrogen functional groups attached to an aromatic ring is 1. The Labute approximate surface area is 218 Å². The number of unbranched alkanes of at least 4 members (excludes halogenated alkanes) is 1. The first-order valence-corrected chi connectivity index (χ1v) is 13.6. The van der Waals surface area contributed by atoms with Crippen LogP contribution in [0.25, 0.3) is 0 Å². The highest BCUT2D eigenvalue weighted by atomic mass is 32.2. The second kappa shape index (κ2) is 14.6. The van der Waals surface area contributed by atoms with Crippen molar-refractivity contribution in [1.29, 1.82) is 5.41 Å². The Morgan fingerprint density at radius 3 is 2.56 bits per heavy atom. The molecule has 8 nitrogen and oxygen atoms in total. The van der Waals surface area contributed by atoms with Gasteiger partial charge in [-0.15, -0.1) is 0 Å². The molecular formula is C27H38N6O2S. The molecule has 194 valence electrons. The van der Waals surface area contributed by atoms with E-state index in [9.17, 15) is 9.59 Å². The van der Waals surface area contributed by atoms with Crippen molar-refractivity contribution in [2.75, 3.05) is 20.1 Å². The van der Waals surface area contributed by atoms with E-state index in [1.54, 1.807) is 29.0 Å². The van der Waals surface area contributed by atoms with E-state index in [2.05, 4.69) is 27.5 Å². The Balaban J connectivity index is 1.57. The van der Waals surface area contributed by atoms with Gasteiger partial charge in [-0.2, -0.15) is 0 Å². The number of hydrogen-bond acceptors (Lipinski definition) is 6.